The number of pyridine rings is 1. The third-order valence-corrected chi connectivity index (χ3v) is 4.16. The van der Waals surface area contributed by atoms with Crippen molar-refractivity contribution in [2.45, 2.75) is 33.1 Å². The summed E-state index contributed by atoms with van der Waals surface area (Å²) in [5, 5.41) is 1.05. The minimum atomic E-state index is -0.279. The lowest BCUT2D eigenvalue weighted by Gasteiger charge is -2.31. The zero-order chi connectivity index (χ0) is 15.5. The number of aryl methyl sites for hydroxylation is 1. The third kappa shape index (κ3) is 2.78. The van der Waals surface area contributed by atoms with Gasteiger partial charge >= 0.3 is 5.97 Å². The zero-order valence-electron chi connectivity index (χ0n) is 13.3. The second-order valence-corrected chi connectivity index (χ2v) is 5.81. The highest BCUT2D eigenvalue weighted by molar-refractivity contribution is 6.05. The van der Waals surface area contributed by atoms with Gasteiger partial charge in [0, 0.05) is 24.7 Å². The Kier molecular flexibility index (Phi) is 4.27. The van der Waals surface area contributed by atoms with Crippen molar-refractivity contribution < 1.29 is 9.53 Å². The summed E-state index contributed by atoms with van der Waals surface area (Å²) in [6.45, 7) is 6.25. The molecular weight excluding hydrogens is 276 g/mol. The van der Waals surface area contributed by atoms with Crippen LogP contribution in [0, 0.1) is 6.92 Å². The van der Waals surface area contributed by atoms with Crippen LogP contribution in [0.2, 0.25) is 0 Å². The first-order valence-electron chi connectivity index (χ1n) is 8.02. The van der Waals surface area contributed by atoms with Crippen LogP contribution in [0.25, 0.3) is 10.9 Å². The zero-order valence-corrected chi connectivity index (χ0v) is 13.3. The second-order valence-electron chi connectivity index (χ2n) is 5.81. The fourth-order valence-electron chi connectivity index (χ4n) is 3.11. The summed E-state index contributed by atoms with van der Waals surface area (Å²) in [5.74, 6) is -0.279. The van der Waals surface area contributed by atoms with Crippen LogP contribution >= 0.6 is 0 Å². The van der Waals surface area contributed by atoms with Gasteiger partial charge in [-0.25, -0.2) is 4.79 Å². The van der Waals surface area contributed by atoms with Crippen molar-refractivity contribution in [3.63, 3.8) is 0 Å². The SMILES string of the molecule is CCOC(=O)c1cnc2ccc(C)cc2c1N1CCCCC1. The normalized spacial score (nSPS) is 15.1. The van der Waals surface area contributed by atoms with E-state index in [0.717, 1.165) is 42.5 Å². The van der Waals surface area contributed by atoms with Gasteiger partial charge in [-0.15, -0.1) is 0 Å². The number of hydrogen-bond acceptors (Lipinski definition) is 4. The molecule has 1 aromatic heterocycles. The second kappa shape index (κ2) is 6.34. The van der Waals surface area contributed by atoms with Gasteiger partial charge in [0.05, 0.1) is 17.8 Å². The van der Waals surface area contributed by atoms with E-state index in [1.807, 2.05) is 13.0 Å². The molecule has 1 saturated heterocycles. The van der Waals surface area contributed by atoms with Gasteiger partial charge in [-0.1, -0.05) is 11.6 Å². The molecule has 0 spiro atoms. The Morgan fingerprint density at radius 2 is 2.05 bits per heavy atom. The van der Waals surface area contributed by atoms with Gasteiger partial charge in [-0.05, 0) is 45.2 Å². The molecular formula is C18H22N2O2. The summed E-state index contributed by atoms with van der Waals surface area (Å²) < 4.78 is 5.23. The molecule has 0 radical (unpaired) electrons. The monoisotopic (exact) mass is 298 g/mol. The average molecular weight is 298 g/mol. The number of fused-ring (bicyclic) bond motifs is 1. The third-order valence-electron chi connectivity index (χ3n) is 4.16. The number of esters is 1. The summed E-state index contributed by atoms with van der Waals surface area (Å²) in [7, 11) is 0. The van der Waals surface area contributed by atoms with Gasteiger partial charge in [-0.2, -0.15) is 0 Å². The Labute approximate surface area is 131 Å². The standard InChI is InChI=1S/C18H22N2O2/c1-3-22-18(21)15-12-19-16-8-7-13(2)11-14(16)17(15)20-9-5-4-6-10-20/h7-8,11-12H,3-6,9-10H2,1-2H3. The largest absolute Gasteiger partial charge is 0.462 e. The van der Waals surface area contributed by atoms with Gasteiger partial charge in [0.1, 0.15) is 5.56 Å². The van der Waals surface area contributed by atoms with Crippen molar-refractivity contribution in [1.29, 1.82) is 0 Å². The summed E-state index contributed by atoms with van der Waals surface area (Å²) in [6, 6.07) is 6.20. The molecule has 3 rings (SSSR count). The minimum absolute atomic E-state index is 0.279. The molecule has 116 valence electrons. The lowest BCUT2D eigenvalue weighted by molar-refractivity contribution is 0.0526. The molecule has 0 saturated carbocycles. The van der Waals surface area contributed by atoms with E-state index in [1.54, 1.807) is 6.20 Å². The summed E-state index contributed by atoms with van der Waals surface area (Å²) in [4.78, 5) is 19.1. The van der Waals surface area contributed by atoms with Crippen LogP contribution in [0.5, 0.6) is 0 Å². The van der Waals surface area contributed by atoms with Gasteiger partial charge in [0.15, 0.2) is 0 Å². The van der Waals surface area contributed by atoms with Crippen LogP contribution in [-0.2, 0) is 4.74 Å². The van der Waals surface area contributed by atoms with Crippen molar-refractivity contribution >= 4 is 22.6 Å². The molecule has 22 heavy (non-hydrogen) atoms. The smallest absolute Gasteiger partial charge is 0.341 e. The lowest BCUT2D eigenvalue weighted by Crippen LogP contribution is -2.31. The molecule has 0 unspecified atom stereocenters. The Balaban J connectivity index is 2.18. The highest BCUT2D eigenvalue weighted by atomic mass is 16.5. The predicted octanol–water partition coefficient (Wildman–Crippen LogP) is 3.71. The maximum atomic E-state index is 12.3. The van der Waals surface area contributed by atoms with E-state index in [0.29, 0.717) is 12.2 Å². The Morgan fingerprint density at radius 3 is 2.77 bits per heavy atom. The molecule has 2 aromatic rings. The molecule has 0 atom stereocenters. The van der Waals surface area contributed by atoms with Crippen LogP contribution in [0.15, 0.2) is 24.4 Å². The highest BCUT2D eigenvalue weighted by Crippen LogP contribution is 2.32. The predicted molar refractivity (Wildman–Crippen MR) is 88.5 cm³/mol. The van der Waals surface area contributed by atoms with E-state index in [2.05, 4.69) is 28.9 Å². The number of piperidine rings is 1. The first-order chi connectivity index (χ1) is 10.7. The quantitative estimate of drug-likeness (QED) is 0.810. The number of aromatic nitrogens is 1. The lowest BCUT2D eigenvalue weighted by atomic mass is 10.0. The van der Waals surface area contributed by atoms with Crippen LogP contribution in [0.1, 0.15) is 42.1 Å². The van der Waals surface area contributed by atoms with E-state index in [4.69, 9.17) is 4.74 Å². The number of hydrogen-bond donors (Lipinski definition) is 0. The number of ether oxygens (including phenoxy) is 1. The molecule has 4 heteroatoms. The minimum Gasteiger partial charge on any atom is -0.462 e. The number of anilines is 1. The maximum Gasteiger partial charge on any atom is 0.341 e. The molecule has 0 bridgehead atoms. The molecule has 1 aromatic carbocycles. The van der Waals surface area contributed by atoms with Gasteiger partial charge < -0.3 is 9.64 Å². The molecule has 4 nitrogen and oxygen atoms in total. The average Bonchev–Trinajstić information content (AvgIpc) is 2.54. The van der Waals surface area contributed by atoms with Crippen molar-refractivity contribution in [2.75, 3.05) is 24.6 Å². The Morgan fingerprint density at radius 1 is 1.27 bits per heavy atom. The van der Waals surface area contributed by atoms with Crippen molar-refractivity contribution in [3.8, 4) is 0 Å². The van der Waals surface area contributed by atoms with Crippen LogP contribution < -0.4 is 4.90 Å². The molecule has 1 aliphatic rings. The topological polar surface area (TPSA) is 42.4 Å². The van der Waals surface area contributed by atoms with Crippen molar-refractivity contribution in [1.82, 2.24) is 4.98 Å². The van der Waals surface area contributed by atoms with E-state index in [1.165, 1.54) is 12.0 Å². The number of rotatable bonds is 3. The molecule has 0 aliphatic carbocycles. The van der Waals surface area contributed by atoms with Crippen LogP contribution in [0.3, 0.4) is 0 Å². The van der Waals surface area contributed by atoms with Crippen LogP contribution in [0.4, 0.5) is 5.69 Å². The van der Waals surface area contributed by atoms with E-state index in [-0.39, 0.29) is 5.97 Å². The number of nitrogens with zero attached hydrogens (tertiary/aromatic N) is 2. The number of carbonyl (C=O) groups excluding carboxylic acids is 1. The first kappa shape index (κ1) is 14.8. The van der Waals surface area contributed by atoms with E-state index >= 15 is 0 Å². The Bertz CT molecular complexity index is 691. The van der Waals surface area contributed by atoms with E-state index < -0.39 is 0 Å². The van der Waals surface area contributed by atoms with Crippen LogP contribution in [-0.4, -0.2) is 30.6 Å². The number of benzene rings is 1. The summed E-state index contributed by atoms with van der Waals surface area (Å²) in [5.41, 5.74) is 3.68. The Hall–Kier alpha value is -2.10. The van der Waals surface area contributed by atoms with Crippen molar-refractivity contribution in [2.24, 2.45) is 0 Å². The highest BCUT2D eigenvalue weighted by Gasteiger charge is 2.22. The maximum absolute atomic E-state index is 12.3. The van der Waals surface area contributed by atoms with Gasteiger partial charge in [0.2, 0.25) is 0 Å². The number of carbonyl (C=O) groups is 1. The van der Waals surface area contributed by atoms with Gasteiger partial charge in [-0.3, -0.25) is 4.98 Å². The molecule has 2 heterocycles. The molecule has 1 fully saturated rings. The molecule has 0 amide bonds. The fourth-order valence-corrected chi connectivity index (χ4v) is 3.11. The molecule has 1 aliphatic heterocycles. The van der Waals surface area contributed by atoms with Crippen molar-refractivity contribution in [3.05, 3.63) is 35.5 Å². The van der Waals surface area contributed by atoms with E-state index in [9.17, 15) is 4.79 Å². The summed E-state index contributed by atoms with van der Waals surface area (Å²) >= 11 is 0. The van der Waals surface area contributed by atoms with Gasteiger partial charge in [0.25, 0.3) is 0 Å². The first-order valence-corrected chi connectivity index (χ1v) is 8.02. The summed E-state index contributed by atoms with van der Waals surface area (Å²) in [6.07, 6.45) is 5.25. The fraction of sp³-hybridized carbons (Fsp3) is 0.444. The molecule has 0 N–H and O–H groups in total.